The van der Waals surface area contributed by atoms with E-state index in [1.807, 2.05) is 32.0 Å². The first-order valence-corrected chi connectivity index (χ1v) is 5.98. The van der Waals surface area contributed by atoms with Crippen LogP contribution in [-0.4, -0.2) is 42.8 Å². The van der Waals surface area contributed by atoms with E-state index >= 15 is 0 Å². The average molecular weight is 228 g/mol. The zero-order chi connectivity index (χ0) is 11.3. The van der Waals surface area contributed by atoms with Crippen LogP contribution >= 0.6 is 11.3 Å². The maximum atomic E-state index is 10.0. The standard InChI is InChI=1S/C11H20N2OS/c1-11(14,9-13(2)3)8-12-7-10-5-4-6-15-10/h4-6,12,14H,7-9H2,1-3H3. The quantitative estimate of drug-likeness (QED) is 0.767. The largest absolute Gasteiger partial charge is 0.388 e. The van der Waals surface area contributed by atoms with Crippen LogP contribution in [0.4, 0.5) is 0 Å². The number of likely N-dealkylation sites (N-methyl/N-ethyl adjacent to an activating group) is 1. The summed E-state index contributed by atoms with van der Waals surface area (Å²) in [5.74, 6) is 0. The summed E-state index contributed by atoms with van der Waals surface area (Å²) in [5.41, 5.74) is -0.666. The van der Waals surface area contributed by atoms with Crippen molar-refractivity contribution in [1.82, 2.24) is 10.2 Å². The van der Waals surface area contributed by atoms with Crippen LogP contribution in [0.15, 0.2) is 17.5 Å². The summed E-state index contributed by atoms with van der Waals surface area (Å²) in [7, 11) is 3.93. The van der Waals surface area contributed by atoms with Crippen LogP contribution in [0.25, 0.3) is 0 Å². The van der Waals surface area contributed by atoms with Crippen molar-refractivity contribution < 1.29 is 5.11 Å². The zero-order valence-corrected chi connectivity index (χ0v) is 10.5. The van der Waals surface area contributed by atoms with E-state index in [-0.39, 0.29) is 0 Å². The second kappa shape index (κ2) is 5.61. The number of thiophene rings is 1. The Morgan fingerprint density at radius 3 is 2.80 bits per heavy atom. The van der Waals surface area contributed by atoms with Crippen LogP contribution in [-0.2, 0) is 6.54 Å². The van der Waals surface area contributed by atoms with Gasteiger partial charge in [-0.25, -0.2) is 0 Å². The molecule has 0 bridgehead atoms. The minimum atomic E-state index is -0.666. The van der Waals surface area contributed by atoms with Gasteiger partial charge in [0.1, 0.15) is 0 Å². The first kappa shape index (κ1) is 12.6. The first-order valence-electron chi connectivity index (χ1n) is 5.10. The maximum Gasteiger partial charge on any atom is 0.0869 e. The Labute approximate surface area is 95.7 Å². The summed E-state index contributed by atoms with van der Waals surface area (Å²) < 4.78 is 0. The predicted octanol–water partition coefficient (Wildman–Crippen LogP) is 1.15. The maximum absolute atomic E-state index is 10.0. The molecule has 0 aromatic carbocycles. The molecule has 4 heteroatoms. The smallest absolute Gasteiger partial charge is 0.0869 e. The highest BCUT2D eigenvalue weighted by atomic mass is 32.1. The van der Waals surface area contributed by atoms with Gasteiger partial charge in [-0.1, -0.05) is 6.07 Å². The monoisotopic (exact) mass is 228 g/mol. The van der Waals surface area contributed by atoms with E-state index in [9.17, 15) is 5.11 Å². The van der Waals surface area contributed by atoms with Crippen molar-refractivity contribution in [3.05, 3.63) is 22.4 Å². The number of aliphatic hydroxyl groups is 1. The van der Waals surface area contributed by atoms with Gasteiger partial charge in [-0.3, -0.25) is 0 Å². The Morgan fingerprint density at radius 2 is 2.27 bits per heavy atom. The van der Waals surface area contributed by atoms with Crippen molar-refractivity contribution in [2.45, 2.75) is 19.1 Å². The van der Waals surface area contributed by atoms with Gasteiger partial charge >= 0.3 is 0 Å². The van der Waals surface area contributed by atoms with E-state index in [1.54, 1.807) is 11.3 Å². The van der Waals surface area contributed by atoms with Crippen LogP contribution in [0.1, 0.15) is 11.8 Å². The molecule has 0 aliphatic rings. The molecule has 0 spiro atoms. The molecule has 1 aromatic rings. The van der Waals surface area contributed by atoms with E-state index in [0.717, 1.165) is 6.54 Å². The fourth-order valence-corrected chi connectivity index (χ4v) is 2.28. The first-order chi connectivity index (χ1) is 6.99. The highest BCUT2D eigenvalue weighted by Crippen LogP contribution is 2.08. The van der Waals surface area contributed by atoms with Gasteiger partial charge in [0.25, 0.3) is 0 Å². The third kappa shape index (κ3) is 5.28. The fraction of sp³-hybridized carbons (Fsp3) is 0.636. The summed E-state index contributed by atoms with van der Waals surface area (Å²) in [6.07, 6.45) is 0. The Kier molecular flexibility index (Phi) is 4.73. The molecule has 0 fully saturated rings. The van der Waals surface area contributed by atoms with Gasteiger partial charge in [0.05, 0.1) is 5.60 Å². The molecule has 0 aliphatic carbocycles. The lowest BCUT2D eigenvalue weighted by Crippen LogP contribution is -2.45. The Balaban J connectivity index is 2.24. The normalized spacial score (nSPS) is 15.5. The minimum Gasteiger partial charge on any atom is -0.388 e. The number of rotatable bonds is 6. The lowest BCUT2D eigenvalue weighted by molar-refractivity contribution is 0.0336. The summed E-state index contributed by atoms with van der Waals surface area (Å²) in [6.45, 7) is 3.98. The van der Waals surface area contributed by atoms with E-state index in [0.29, 0.717) is 13.1 Å². The van der Waals surface area contributed by atoms with Crippen LogP contribution in [0.5, 0.6) is 0 Å². The Bertz CT molecular complexity index is 270. The molecular weight excluding hydrogens is 208 g/mol. The molecule has 3 nitrogen and oxygen atoms in total. The zero-order valence-electron chi connectivity index (χ0n) is 9.66. The summed E-state index contributed by atoms with van der Waals surface area (Å²) in [6, 6.07) is 4.14. The van der Waals surface area contributed by atoms with E-state index in [2.05, 4.69) is 16.8 Å². The summed E-state index contributed by atoms with van der Waals surface area (Å²) >= 11 is 1.73. The van der Waals surface area contributed by atoms with Crippen LogP contribution in [0, 0.1) is 0 Å². The van der Waals surface area contributed by atoms with Crippen LogP contribution < -0.4 is 5.32 Å². The van der Waals surface area contributed by atoms with Gasteiger partial charge in [0, 0.05) is 24.5 Å². The predicted molar refractivity (Wildman–Crippen MR) is 65.2 cm³/mol. The molecule has 0 aliphatic heterocycles. The molecule has 86 valence electrons. The number of hydrogen-bond donors (Lipinski definition) is 2. The van der Waals surface area contributed by atoms with Gasteiger partial charge in [0.15, 0.2) is 0 Å². The summed E-state index contributed by atoms with van der Waals surface area (Å²) in [4.78, 5) is 3.29. The number of nitrogens with one attached hydrogen (secondary N) is 1. The lowest BCUT2D eigenvalue weighted by Gasteiger charge is -2.27. The third-order valence-electron chi connectivity index (χ3n) is 2.04. The van der Waals surface area contributed by atoms with E-state index < -0.39 is 5.60 Å². The Morgan fingerprint density at radius 1 is 1.53 bits per heavy atom. The topological polar surface area (TPSA) is 35.5 Å². The molecule has 0 radical (unpaired) electrons. The van der Waals surface area contributed by atoms with Crippen molar-refractivity contribution in [2.75, 3.05) is 27.2 Å². The Hall–Kier alpha value is -0.420. The van der Waals surface area contributed by atoms with Gasteiger partial charge < -0.3 is 15.3 Å². The van der Waals surface area contributed by atoms with Gasteiger partial charge in [-0.05, 0) is 32.5 Å². The van der Waals surface area contributed by atoms with Gasteiger partial charge in [-0.2, -0.15) is 0 Å². The number of nitrogens with zero attached hydrogens (tertiary/aromatic N) is 1. The van der Waals surface area contributed by atoms with Crippen molar-refractivity contribution in [2.24, 2.45) is 0 Å². The molecule has 1 unspecified atom stereocenters. The molecule has 15 heavy (non-hydrogen) atoms. The molecule has 1 rings (SSSR count). The van der Waals surface area contributed by atoms with Crippen molar-refractivity contribution in [1.29, 1.82) is 0 Å². The second-order valence-corrected chi connectivity index (χ2v) is 5.45. The van der Waals surface area contributed by atoms with Gasteiger partial charge in [-0.15, -0.1) is 11.3 Å². The van der Waals surface area contributed by atoms with Crippen molar-refractivity contribution in [3.8, 4) is 0 Å². The van der Waals surface area contributed by atoms with Gasteiger partial charge in [0.2, 0.25) is 0 Å². The summed E-state index contributed by atoms with van der Waals surface area (Å²) in [5, 5.41) is 15.3. The highest BCUT2D eigenvalue weighted by Gasteiger charge is 2.20. The van der Waals surface area contributed by atoms with Crippen molar-refractivity contribution >= 4 is 11.3 Å². The molecule has 1 atom stereocenters. The SMILES string of the molecule is CN(C)CC(C)(O)CNCc1cccs1. The molecule has 0 saturated carbocycles. The minimum absolute atomic E-state index is 0.614. The average Bonchev–Trinajstić information content (AvgIpc) is 2.53. The molecular formula is C11H20N2OS. The van der Waals surface area contributed by atoms with Crippen molar-refractivity contribution in [3.63, 3.8) is 0 Å². The molecule has 1 aromatic heterocycles. The fourth-order valence-electron chi connectivity index (χ4n) is 1.61. The van der Waals surface area contributed by atoms with E-state index in [1.165, 1.54) is 4.88 Å². The number of hydrogen-bond acceptors (Lipinski definition) is 4. The molecule has 0 amide bonds. The molecule has 2 N–H and O–H groups in total. The van der Waals surface area contributed by atoms with Crippen LogP contribution in [0.2, 0.25) is 0 Å². The van der Waals surface area contributed by atoms with E-state index in [4.69, 9.17) is 0 Å². The third-order valence-corrected chi connectivity index (χ3v) is 2.92. The molecule has 0 saturated heterocycles. The lowest BCUT2D eigenvalue weighted by atomic mass is 10.1. The highest BCUT2D eigenvalue weighted by molar-refractivity contribution is 7.09. The molecule has 1 heterocycles. The second-order valence-electron chi connectivity index (χ2n) is 4.42. The van der Waals surface area contributed by atoms with Crippen LogP contribution in [0.3, 0.4) is 0 Å².